The minimum Gasteiger partial charge on any atom is -0.310 e. The molecule has 3 rings (SSSR count). The van der Waals surface area contributed by atoms with Crippen molar-refractivity contribution in [3.8, 4) is 0 Å². The standard InChI is InChI=1S/C17H32N2/c1-13(2)14-6-8-15(9-7-14)18-16-10-12-19-11-4-3-5-17(16)19/h13-18H,3-12H2,1-2H3. The first-order chi connectivity index (χ1) is 9.24. The molecule has 1 saturated carbocycles. The van der Waals surface area contributed by atoms with Crippen molar-refractivity contribution in [1.29, 1.82) is 0 Å². The second-order valence-electron chi connectivity index (χ2n) is 7.52. The fraction of sp³-hybridized carbons (Fsp3) is 1.00. The van der Waals surface area contributed by atoms with Crippen molar-refractivity contribution >= 4 is 0 Å². The lowest BCUT2D eigenvalue weighted by atomic mass is 9.79. The van der Waals surface area contributed by atoms with E-state index in [0.29, 0.717) is 0 Å². The molecule has 0 aromatic rings. The Hall–Kier alpha value is -0.0800. The summed E-state index contributed by atoms with van der Waals surface area (Å²) in [6, 6.07) is 2.50. The Balaban J connectivity index is 1.47. The highest BCUT2D eigenvalue weighted by molar-refractivity contribution is 4.96. The predicted octanol–water partition coefficient (Wildman–Crippen LogP) is 3.42. The first-order valence-corrected chi connectivity index (χ1v) is 8.74. The largest absolute Gasteiger partial charge is 0.310 e. The second kappa shape index (κ2) is 6.13. The van der Waals surface area contributed by atoms with E-state index in [0.717, 1.165) is 30.0 Å². The maximum atomic E-state index is 4.03. The molecule has 0 bridgehead atoms. The molecule has 19 heavy (non-hydrogen) atoms. The van der Waals surface area contributed by atoms with Crippen LogP contribution in [0.3, 0.4) is 0 Å². The predicted molar refractivity (Wildman–Crippen MR) is 81.3 cm³/mol. The van der Waals surface area contributed by atoms with Crippen LogP contribution in [0.25, 0.3) is 0 Å². The summed E-state index contributed by atoms with van der Waals surface area (Å²) >= 11 is 0. The Morgan fingerprint density at radius 3 is 2.42 bits per heavy atom. The van der Waals surface area contributed by atoms with Gasteiger partial charge in [-0.25, -0.2) is 0 Å². The molecule has 3 aliphatic rings. The summed E-state index contributed by atoms with van der Waals surface area (Å²) < 4.78 is 0. The molecule has 2 heterocycles. The Labute approximate surface area is 119 Å². The van der Waals surface area contributed by atoms with Crippen LogP contribution < -0.4 is 5.32 Å². The zero-order chi connectivity index (χ0) is 13.2. The molecule has 2 saturated heterocycles. The average Bonchev–Trinajstić information content (AvgIpc) is 2.83. The molecule has 2 heteroatoms. The Morgan fingerprint density at radius 1 is 0.895 bits per heavy atom. The molecule has 3 fully saturated rings. The van der Waals surface area contributed by atoms with Gasteiger partial charge in [0.05, 0.1) is 0 Å². The van der Waals surface area contributed by atoms with Crippen LogP contribution in [0.2, 0.25) is 0 Å². The van der Waals surface area contributed by atoms with Crippen molar-refractivity contribution in [3.05, 3.63) is 0 Å². The molecule has 2 nitrogen and oxygen atoms in total. The van der Waals surface area contributed by atoms with Crippen LogP contribution in [-0.4, -0.2) is 36.1 Å². The van der Waals surface area contributed by atoms with E-state index in [-0.39, 0.29) is 0 Å². The molecular formula is C17H32N2. The molecule has 110 valence electrons. The molecule has 2 aliphatic heterocycles. The van der Waals surface area contributed by atoms with E-state index >= 15 is 0 Å². The molecule has 1 aliphatic carbocycles. The van der Waals surface area contributed by atoms with Crippen LogP contribution in [-0.2, 0) is 0 Å². The van der Waals surface area contributed by atoms with E-state index in [4.69, 9.17) is 0 Å². The second-order valence-corrected chi connectivity index (χ2v) is 7.52. The lowest BCUT2D eigenvalue weighted by molar-refractivity contribution is 0.165. The normalized spacial score (nSPS) is 40.6. The number of piperidine rings is 1. The van der Waals surface area contributed by atoms with Gasteiger partial charge in [0.2, 0.25) is 0 Å². The highest BCUT2D eigenvalue weighted by atomic mass is 15.2. The van der Waals surface area contributed by atoms with Crippen molar-refractivity contribution in [2.75, 3.05) is 13.1 Å². The Kier molecular flexibility index (Phi) is 4.48. The van der Waals surface area contributed by atoms with E-state index < -0.39 is 0 Å². The first kappa shape index (κ1) is 13.9. The zero-order valence-corrected chi connectivity index (χ0v) is 12.9. The molecular weight excluding hydrogens is 232 g/mol. The fourth-order valence-electron chi connectivity index (χ4n) is 4.70. The van der Waals surface area contributed by atoms with Crippen molar-refractivity contribution < 1.29 is 0 Å². The number of rotatable bonds is 3. The number of nitrogens with zero attached hydrogens (tertiary/aromatic N) is 1. The summed E-state index contributed by atoms with van der Waals surface area (Å²) in [5, 5.41) is 4.03. The molecule has 0 spiro atoms. The van der Waals surface area contributed by atoms with E-state index in [1.165, 1.54) is 64.5 Å². The van der Waals surface area contributed by atoms with Gasteiger partial charge in [0.25, 0.3) is 0 Å². The van der Waals surface area contributed by atoms with Crippen LogP contribution >= 0.6 is 0 Å². The quantitative estimate of drug-likeness (QED) is 0.840. The van der Waals surface area contributed by atoms with Crippen molar-refractivity contribution in [1.82, 2.24) is 10.2 Å². The van der Waals surface area contributed by atoms with Gasteiger partial charge in [-0.3, -0.25) is 4.90 Å². The third-order valence-electron chi connectivity index (χ3n) is 6.02. The summed E-state index contributed by atoms with van der Waals surface area (Å²) in [4.78, 5) is 2.75. The molecule has 2 unspecified atom stereocenters. The van der Waals surface area contributed by atoms with Gasteiger partial charge in [-0.05, 0) is 63.3 Å². The van der Waals surface area contributed by atoms with Gasteiger partial charge in [0.1, 0.15) is 0 Å². The summed E-state index contributed by atoms with van der Waals surface area (Å²) in [5.74, 6) is 1.88. The van der Waals surface area contributed by atoms with E-state index in [9.17, 15) is 0 Å². The number of fused-ring (bicyclic) bond motifs is 1. The third-order valence-corrected chi connectivity index (χ3v) is 6.02. The number of nitrogens with one attached hydrogen (secondary N) is 1. The smallest absolute Gasteiger partial charge is 0.0249 e. The fourth-order valence-corrected chi connectivity index (χ4v) is 4.70. The maximum Gasteiger partial charge on any atom is 0.0249 e. The van der Waals surface area contributed by atoms with Crippen molar-refractivity contribution in [3.63, 3.8) is 0 Å². The SMILES string of the molecule is CC(C)C1CCC(NC2CCN3CCCCC23)CC1. The van der Waals surface area contributed by atoms with E-state index in [2.05, 4.69) is 24.1 Å². The molecule has 0 amide bonds. The maximum absolute atomic E-state index is 4.03. The van der Waals surface area contributed by atoms with Gasteiger partial charge >= 0.3 is 0 Å². The average molecular weight is 264 g/mol. The molecule has 0 aromatic carbocycles. The summed E-state index contributed by atoms with van der Waals surface area (Å²) in [7, 11) is 0. The number of hydrogen-bond donors (Lipinski definition) is 1. The highest BCUT2D eigenvalue weighted by Gasteiger charge is 2.36. The molecule has 2 atom stereocenters. The molecule has 0 aromatic heterocycles. The van der Waals surface area contributed by atoms with Crippen molar-refractivity contribution in [2.45, 2.75) is 83.3 Å². The lowest BCUT2D eigenvalue weighted by Gasteiger charge is -2.37. The van der Waals surface area contributed by atoms with Crippen molar-refractivity contribution in [2.24, 2.45) is 11.8 Å². The molecule has 1 N–H and O–H groups in total. The van der Waals surface area contributed by atoms with Gasteiger partial charge in [-0.15, -0.1) is 0 Å². The monoisotopic (exact) mass is 264 g/mol. The zero-order valence-electron chi connectivity index (χ0n) is 12.9. The van der Waals surface area contributed by atoms with Crippen LogP contribution in [0.5, 0.6) is 0 Å². The van der Waals surface area contributed by atoms with E-state index in [1.54, 1.807) is 0 Å². The van der Waals surface area contributed by atoms with Crippen LogP contribution in [0.1, 0.15) is 65.2 Å². The Bertz CT molecular complexity index is 281. The summed E-state index contributed by atoms with van der Waals surface area (Å²) in [6.07, 6.45) is 11.5. The Morgan fingerprint density at radius 2 is 1.68 bits per heavy atom. The van der Waals surface area contributed by atoms with Gasteiger partial charge < -0.3 is 5.32 Å². The van der Waals surface area contributed by atoms with Gasteiger partial charge in [0, 0.05) is 24.7 Å². The highest BCUT2D eigenvalue weighted by Crippen LogP contribution is 2.32. The van der Waals surface area contributed by atoms with Gasteiger partial charge in [0.15, 0.2) is 0 Å². The third kappa shape index (κ3) is 3.16. The first-order valence-electron chi connectivity index (χ1n) is 8.74. The molecule has 0 radical (unpaired) electrons. The van der Waals surface area contributed by atoms with Gasteiger partial charge in [-0.1, -0.05) is 20.3 Å². The summed E-state index contributed by atoms with van der Waals surface area (Å²) in [5.41, 5.74) is 0. The van der Waals surface area contributed by atoms with Gasteiger partial charge in [-0.2, -0.15) is 0 Å². The minimum absolute atomic E-state index is 0.806. The lowest BCUT2D eigenvalue weighted by Crippen LogP contribution is -2.49. The van der Waals surface area contributed by atoms with Crippen LogP contribution in [0.15, 0.2) is 0 Å². The topological polar surface area (TPSA) is 15.3 Å². The van der Waals surface area contributed by atoms with E-state index in [1.807, 2.05) is 0 Å². The van der Waals surface area contributed by atoms with Crippen LogP contribution in [0.4, 0.5) is 0 Å². The van der Waals surface area contributed by atoms with Crippen LogP contribution in [0, 0.1) is 11.8 Å². The summed E-state index contributed by atoms with van der Waals surface area (Å²) in [6.45, 7) is 7.51. The number of hydrogen-bond acceptors (Lipinski definition) is 2. The minimum atomic E-state index is 0.806.